The number of likely N-dealkylation sites (tertiary alicyclic amines) is 1. The van der Waals surface area contributed by atoms with E-state index in [0.717, 1.165) is 36.1 Å². The van der Waals surface area contributed by atoms with Crippen molar-refractivity contribution in [1.82, 2.24) is 10.2 Å². The van der Waals surface area contributed by atoms with Crippen LogP contribution >= 0.6 is 28.3 Å². The summed E-state index contributed by atoms with van der Waals surface area (Å²) in [4.78, 5) is 14.1. The van der Waals surface area contributed by atoms with Gasteiger partial charge in [-0.25, -0.2) is 0 Å². The summed E-state index contributed by atoms with van der Waals surface area (Å²) in [5, 5.41) is 3.17. The molecule has 0 radical (unpaired) electrons. The molecule has 1 aliphatic heterocycles. The topological polar surface area (TPSA) is 32.3 Å². The Balaban J connectivity index is 0.00000162. The van der Waals surface area contributed by atoms with Gasteiger partial charge in [-0.1, -0.05) is 15.9 Å². The van der Waals surface area contributed by atoms with Gasteiger partial charge in [-0.2, -0.15) is 0 Å². The molecule has 0 aliphatic carbocycles. The molecular weight excluding hydrogens is 316 g/mol. The van der Waals surface area contributed by atoms with Crippen LogP contribution in [-0.4, -0.2) is 37.5 Å². The van der Waals surface area contributed by atoms with Crippen molar-refractivity contribution < 1.29 is 4.79 Å². The third-order valence-corrected chi connectivity index (χ3v) is 3.69. The van der Waals surface area contributed by atoms with Gasteiger partial charge in [0.2, 0.25) is 0 Å². The van der Waals surface area contributed by atoms with Crippen LogP contribution < -0.4 is 5.32 Å². The normalized spacial score (nSPS) is 18.6. The lowest BCUT2D eigenvalue weighted by Crippen LogP contribution is -2.30. The van der Waals surface area contributed by atoms with Crippen molar-refractivity contribution in [3.63, 3.8) is 0 Å². The summed E-state index contributed by atoms with van der Waals surface area (Å²) in [6, 6.07) is 7.57. The zero-order valence-electron chi connectivity index (χ0n) is 10.4. The minimum atomic E-state index is 0. The maximum absolute atomic E-state index is 12.2. The van der Waals surface area contributed by atoms with E-state index in [2.05, 4.69) is 21.2 Å². The number of nitrogens with one attached hydrogen (secondary N) is 1. The molecule has 18 heavy (non-hydrogen) atoms. The van der Waals surface area contributed by atoms with Crippen molar-refractivity contribution in [2.24, 2.45) is 5.92 Å². The first kappa shape index (κ1) is 15.5. The van der Waals surface area contributed by atoms with Gasteiger partial charge < -0.3 is 10.2 Å². The number of nitrogens with zero attached hydrogens (tertiary/aromatic N) is 1. The highest BCUT2D eigenvalue weighted by molar-refractivity contribution is 9.10. The number of amides is 1. The Hall–Kier alpha value is -0.580. The fourth-order valence-electron chi connectivity index (χ4n) is 2.25. The zero-order valence-corrected chi connectivity index (χ0v) is 12.8. The summed E-state index contributed by atoms with van der Waals surface area (Å²) in [5.41, 5.74) is 0.776. The highest BCUT2D eigenvalue weighted by Crippen LogP contribution is 2.19. The lowest BCUT2D eigenvalue weighted by molar-refractivity contribution is 0.0787. The van der Waals surface area contributed by atoms with E-state index in [1.54, 1.807) is 0 Å². The number of hydrogen-bond acceptors (Lipinski definition) is 2. The number of halogens is 2. The molecular formula is C13H18BrClN2O. The first-order chi connectivity index (χ1) is 8.20. The summed E-state index contributed by atoms with van der Waals surface area (Å²) in [5.74, 6) is 0.746. The number of carbonyl (C=O) groups is 1. The Morgan fingerprint density at radius 2 is 2.11 bits per heavy atom. The van der Waals surface area contributed by atoms with Gasteiger partial charge in [0, 0.05) is 23.1 Å². The van der Waals surface area contributed by atoms with Gasteiger partial charge in [0.25, 0.3) is 5.91 Å². The van der Waals surface area contributed by atoms with E-state index >= 15 is 0 Å². The van der Waals surface area contributed by atoms with Gasteiger partial charge in [0.15, 0.2) is 0 Å². The molecule has 1 unspecified atom stereocenters. The minimum absolute atomic E-state index is 0. The van der Waals surface area contributed by atoms with Crippen molar-refractivity contribution >= 4 is 34.2 Å². The summed E-state index contributed by atoms with van der Waals surface area (Å²) < 4.78 is 1.00. The second kappa shape index (κ2) is 7.12. The predicted molar refractivity (Wildman–Crippen MR) is 79.3 cm³/mol. The molecule has 0 bridgehead atoms. The largest absolute Gasteiger partial charge is 0.338 e. The van der Waals surface area contributed by atoms with E-state index in [0.29, 0.717) is 5.92 Å². The minimum Gasteiger partial charge on any atom is -0.338 e. The molecule has 1 aromatic rings. The highest BCUT2D eigenvalue weighted by atomic mass is 79.9. The van der Waals surface area contributed by atoms with Gasteiger partial charge in [0.1, 0.15) is 0 Å². The lowest BCUT2D eigenvalue weighted by Gasteiger charge is -2.16. The standard InChI is InChI=1S/C13H17BrN2O.ClH/c1-15-8-10-6-7-16(9-10)13(17)11-2-4-12(14)5-3-11;/h2-5,10,15H,6-9H2,1H3;1H. The average molecular weight is 334 g/mol. The van der Waals surface area contributed by atoms with Crippen molar-refractivity contribution in [2.45, 2.75) is 6.42 Å². The van der Waals surface area contributed by atoms with Crippen LogP contribution in [0.25, 0.3) is 0 Å². The SMILES string of the molecule is CNCC1CCN(C(=O)c2ccc(Br)cc2)C1.Cl. The molecule has 1 fully saturated rings. The van der Waals surface area contributed by atoms with Crippen molar-refractivity contribution in [3.8, 4) is 0 Å². The molecule has 1 amide bonds. The molecule has 5 heteroatoms. The lowest BCUT2D eigenvalue weighted by atomic mass is 10.1. The van der Waals surface area contributed by atoms with Crippen molar-refractivity contribution in [1.29, 1.82) is 0 Å². The Morgan fingerprint density at radius 3 is 2.72 bits per heavy atom. The summed E-state index contributed by atoms with van der Waals surface area (Å²) in [6.07, 6.45) is 1.10. The van der Waals surface area contributed by atoms with Crippen LogP contribution in [0, 0.1) is 5.92 Å². The van der Waals surface area contributed by atoms with Crippen LogP contribution in [-0.2, 0) is 0 Å². The maximum atomic E-state index is 12.2. The molecule has 1 aromatic carbocycles. The van der Waals surface area contributed by atoms with Crippen molar-refractivity contribution in [3.05, 3.63) is 34.3 Å². The summed E-state index contributed by atoms with van der Waals surface area (Å²) in [7, 11) is 1.96. The van der Waals surface area contributed by atoms with Gasteiger partial charge in [-0.15, -0.1) is 12.4 Å². The Morgan fingerprint density at radius 1 is 1.44 bits per heavy atom. The third kappa shape index (κ3) is 3.70. The van der Waals surface area contributed by atoms with Crippen molar-refractivity contribution in [2.75, 3.05) is 26.7 Å². The molecule has 1 heterocycles. The number of benzene rings is 1. The van der Waals surface area contributed by atoms with Crippen LogP contribution in [0.1, 0.15) is 16.8 Å². The predicted octanol–water partition coefficient (Wildman–Crippen LogP) is 2.55. The fraction of sp³-hybridized carbons (Fsp3) is 0.462. The van der Waals surface area contributed by atoms with Gasteiger partial charge >= 0.3 is 0 Å². The monoisotopic (exact) mass is 332 g/mol. The van der Waals surface area contributed by atoms with E-state index < -0.39 is 0 Å². The Kier molecular flexibility index (Phi) is 6.12. The van der Waals surface area contributed by atoms with Crippen LogP contribution in [0.5, 0.6) is 0 Å². The maximum Gasteiger partial charge on any atom is 0.253 e. The molecule has 1 saturated heterocycles. The fourth-order valence-corrected chi connectivity index (χ4v) is 2.51. The average Bonchev–Trinajstić information content (AvgIpc) is 2.78. The van der Waals surface area contributed by atoms with E-state index in [9.17, 15) is 4.79 Å². The molecule has 1 N–H and O–H groups in total. The molecule has 0 spiro atoms. The van der Waals surface area contributed by atoms with E-state index in [4.69, 9.17) is 0 Å². The number of hydrogen-bond donors (Lipinski definition) is 1. The second-order valence-electron chi connectivity index (χ2n) is 4.47. The molecule has 100 valence electrons. The highest BCUT2D eigenvalue weighted by Gasteiger charge is 2.26. The summed E-state index contributed by atoms with van der Waals surface area (Å²) >= 11 is 3.38. The molecule has 1 atom stereocenters. The molecule has 1 aliphatic rings. The van der Waals surface area contributed by atoms with Gasteiger partial charge in [-0.3, -0.25) is 4.79 Å². The van der Waals surface area contributed by atoms with E-state index in [1.807, 2.05) is 36.2 Å². The summed E-state index contributed by atoms with van der Waals surface area (Å²) in [6.45, 7) is 2.74. The number of rotatable bonds is 3. The van der Waals surface area contributed by atoms with Gasteiger partial charge in [0.05, 0.1) is 0 Å². The van der Waals surface area contributed by atoms with Crippen LogP contribution in [0.2, 0.25) is 0 Å². The van der Waals surface area contributed by atoms with Gasteiger partial charge in [-0.05, 0) is 50.2 Å². The molecule has 0 saturated carbocycles. The Bertz CT molecular complexity index is 396. The third-order valence-electron chi connectivity index (χ3n) is 3.16. The second-order valence-corrected chi connectivity index (χ2v) is 5.39. The van der Waals surface area contributed by atoms with Crippen LogP contribution in [0.15, 0.2) is 28.7 Å². The molecule has 0 aromatic heterocycles. The zero-order chi connectivity index (χ0) is 12.3. The first-order valence-electron chi connectivity index (χ1n) is 5.90. The number of carbonyl (C=O) groups excluding carboxylic acids is 1. The Labute approximate surface area is 122 Å². The smallest absolute Gasteiger partial charge is 0.253 e. The first-order valence-corrected chi connectivity index (χ1v) is 6.69. The molecule has 2 rings (SSSR count). The van der Waals surface area contributed by atoms with E-state index in [-0.39, 0.29) is 18.3 Å². The van der Waals surface area contributed by atoms with E-state index in [1.165, 1.54) is 0 Å². The van der Waals surface area contributed by atoms with Crippen LogP contribution in [0.4, 0.5) is 0 Å². The quantitative estimate of drug-likeness (QED) is 0.922. The van der Waals surface area contributed by atoms with Crippen LogP contribution in [0.3, 0.4) is 0 Å². The molecule has 3 nitrogen and oxygen atoms in total.